The van der Waals surface area contributed by atoms with Crippen molar-refractivity contribution < 1.29 is 53.6 Å². The van der Waals surface area contributed by atoms with Crippen LogP contribution in [0.15, 0.2) is 46.4 Å². The second-order valence-corrected chi connectivity index (χ2v) is 13.0. The number of aromatic carboxylic acids is 4. The molecule has 2 amide bonds. The Hall–Kier alpha value is -4.82. The van der Waals surface area contributed by atoms with Crippen LogP contribution in [0.1, 0.15) is 75.0 Å². The molecule has 0 heterocycles. The summed E-state index contributed by atoms with van der Waals surface area (Å²) in [5.41, 5.74) is -1.95. The molecule has 13 nitrogen and oxygen atoms in total. The van der Waals surface area contributed by atoms with Crippen LogP contribution in [0.2, 0.25) is 18.6 Å². The van der Waals surface area contributed by atoms with E-state index in [0.717, 1.165) is 36.4 Å². The van der Waals surface area contributed by atoms with Gasteiger partial charge in [0.2, 0.25) is 0 Å². The van der Waals surface area contributed by atoms with Gasteiger partial charge in [0.25, 0.3) is 11.8 Å². The number of hydrogen-bond donors (Lipinski definition) is 4. The van der Waals surface area contributed by atoms with Crippen molar-refractivity contribution in [3.8, 4) is 0 Å². The van der Waals surface area contributed by atoms with E-state index in [4.69, 9.17) is 14.6 Å². The lowest BCUT2D eigenvalue weighted by Crippen LogP contribution is -2.33. The van der Waals surface area contributed by atoms with E-state index in [0.29, 0.717) is 24.9 Å². The van der Waals surface area contributed by atoms with Gasteiger partial charge in [-0.2, -0.15) is 0 Å². The van der Waals surface area contributed by atoms with Gasteiger partial charge < -0.3 is 24.9 Å². The smallest absolute Gasteiger partial charge is 0.336 e. The van der Waals surface area contributed by atoms with Crippen LogP contribution in [-0.4, -0.2) is 84.0 Å². The number of nitrogens with zero attached hydrogens (tertiary/aromatic N) is 2. The van der Waals surface area contributed by atoms with Crippen molar-refractivity contribution >= 4 is 56.4 Å². The highest BCUT2D eigenvalue weighted by molar-refractivity contribution is 6.72. The van der Waals surface area contributed by atoms with Crippen LogP contribution in [0, 0.1) is 0 Å². The Labute approximate surface area is 228 Å². The minimum atomic E-state index is -2.38. The normalized spacial score (nSPS) is 12.8. The van der Waals surface area contributed by atoms with Gasteiger partial charge in [-0.05, 0) is 67.9 Å². The Balaban J connectivity index is 2.02. The van der Waals surface area contributed by atoms with Gasteiger partial charge in [-0.1, -0.05) is 0 Å². The summed E-state index contributed by atoms with van der Waals surface area (Å²) in [6.07, 6.45) is 3.19. The topological polar surface area (TPSA) is 217 Å². The van der Waals surface area contributed by atoms with Crippen LogP contribution in [-0.2, 0) is 4.43 Å². The Kier molecular flexibility index (Phi) is 10.8. The number of amides is 2. The maximum Gasteiger partial charge on any atom is 0.336 e. The predicted molar refractivity (Wildman–Crippen MR) is 144 cm³/mol. The molecule has 0 aromatic heterocycles. The average molecular weight is 571 g/mol. The fraction of sp³-hybridized carbons (Fsp3) is 0.231. The maximum absolute atomic E-state index is 12.5. The molecule has 40 heavy (non-hydrogen) atoms. The Bertz CT molecular complexity index is 1310. The van der Waals surface area contributed by atoms with Gasteiger partial charge in [0.15, 0.2) is 8.32 Å². The zero-order chi connectivity index (χ0) is 30.0. The van der Waals surface area contributed by atoms with Gasteiger partial charge in [0.1, 0.15) is 0 Å². The molecule has 0 saturated heterocycles. The van der Waals surface area contributed by atoms with Gasteiger partial charge in [-0.15, -0.1) is 0 Å². The quantitative estimate of drug-likeness (QED) is 0.201. The van der Waals surface area contributed by atoms with Gasteiger partial charge in [-0.3, -0.25) is 9.59 Å². The summed E-state index contributed by atoms with van der Waals surface area (Å²) < 4.78 is 5.67. The van der Waals surface area contributed by atoms with E-state index < -0.39 is 44.0 Å². The average Bonchev–Trinajstić information content (AvgIpc) is 2.92. The maximum atomic E-state index is 12.5. The highest BCUT2D eigenvalue weighted by Crippen LogP contribution is 2.20. The number of carboxylic acid groups (broad SMARTS) is 4. The number of benzene rings is 2. The van der Waals surface area contributed by atoms with E-state index in [2.05, 4.69) is 9.98 Å². The van der Waals surface area contributed by atoms with E-state index in [1.807, 2.05) is 6.55 Å². The monoisotopic (exact) mass is 570 g/mol. The SMILES string of the molecule is CO[Si](C)(CCC=NC(=O)c1cc(C(=O)O)ccc1C(=O)O)CCC=NC(=O)c1cc(C(=O)O)ccc1C(=O)O. The zero-order valence-corrected chi connectivity index (χ0v) is 22.5. The summed E-state index contributed by atoms with van der Waals surface area (Å²) in [6, 6.07) is 7.12. The van der Waals surface area contributed by atoms with Crippen LogP contribution in [0.4, 0.5) is 0 Å². The predicted octanol–water partition coefficient (Wildman–Crippen LogP) is 3.60. The first-order chi connectivity index (χ1) is 18.8. The molecule has 0 saturated carbocycles. The summed E-state index contributed by atoms with van der Waals surface area (Å²) in [6.45, 7) is 1.90. The van der Waals surface area contributed by atoms with Crippen molar-refractivity contribution in [1.29, 1.82) is 0 Å². The molecule has 0 spiro atoms. The molecule has 210 valence electrons. The molecule has 0 aliphatic carbocycles. The summed E-state index contributed by atoms with van der Waals surface area (Å²) in [7, 11) is -0.862. The molecule has 14 heteroatoms. The molecule has 0 radical (unpaired) electrons. The number of rotatable bonds is 13. The van der Waals surface area contributed by atoms with E-state index in [1.54, 1.807) is 0 Å². The van der Waals surface area contributed by atoms with Gasteiger partial charge in [0.05, 0.1) is 33.4 Å². The van der Waals surface area contributed by atoms with Crippen molar-refractivity contribution in [1.82, 2.24) is 0 Å². The zero-order valence-electron chi connectivity index (χ0n) is 21.5. The number of carbonyl (C=O) groups is 6. The summed E-state index contributed by atoms with van der Waals surface area (Å²) in [5.74, 6) is -7.25. The number of carboxylic acids is 4. The molecule has 0 aliphatic rings. The number of carbonyl (C=O) groups excluding carboxylic acids is 2. The van der Waals surface area contributed by atoms with Crippen LogP contribution in [0.5, 0.6) is 0 Å². The molecule has 0 fully saturated rings. The lowest BCUT2D eigenvalue weighted by atomic mass is 10.0. The molecular weight excluding hydrogens is 544 g/mol. The van der Waals surface area contributed by atoms with Gasteiger partial charge in [0, 0.05) is 19.5 Å². The number of aliphatic imine (C=N–C) groups is 2. The van der Waals surface area contributed by atoms with Gasteiger partial charge >= 0.3 is 23.9 Å². The molecule has 2 rings (SSSR count). The summed E-state index contributed by atoms with van der Waals surface area (Å²) >= 11 is 0. The van der Waals surface area contributed by atoms with E-state index in [9.17, 15) is 39.0 Å². The molecule has 0 atom stereocenters. The third-order valence-electron chi connectivity index (χ3n) is 5.97. The minimum absolute atomic E-state index is 0.253. The first kappa shape index (κ1) is 31.4. The van der Waals surface area contributed by atoms with Gasteiger partial charge in [-0.25, -0.2) is 29.2 Å². The fourth-order valence-electron chi connectivity index (χ4n) is 3.58. The summed E-state index contributed by atoms with van der Waals surface area (Å²) in [5, 5.41) is 36.8. The first-order valence-corrected chi connectivity index (χ1v) is 14.5. The second kappa shape index (κ2) is 13.8. The lowest BCUT2D eigenvalue weighted by molar-refractivity contribution is 0.0679. The minimum Gasteiger partial charge on any atom is -0.478 e. The molecule has 2 aromatic rings. The summed E-state index contributed by atoms with van der Waals surface area (Å²) in [4.78, 5) is 77.6. The highest BCUT2D eigenvalue weighted by Gasteiger charge is 2.26. The first-order valence-electron chi connectivity index (χ1n) is 11.7. The molecule has 2 aromatic carbocycles. The van der Waals surface area contributed by atoms with Crippen molar-refractivity contribution in [2.75, 3.05) is 7.11 Å². The van der Waals surface area contributed by atoms with Crippen LogP contribution < -0.4 is 0 Å². The van der Waals surface area contributed by atoms with E-state index in [1.165, 1.54) is 19.5 Å². The third kappa shape index (κ3) is 8.34. The van der Waals surface area contributed by atoms with Crippen molar-refractivity contribution in [3.63, 3.8) is 0 Å². The standard InChI is InChI=1S/C26H26N2O11Si/c1-39-40(2,11-3-9-27-21(29)19-13-15(23(31)32)5-7-17(19)25(35)36)12-4-10-28-22(30)20-14-16(24(33)34)6-8-18(20)26(37)38/h5-10,13-14H,3-4,11-12H2,1-2H3,(H,31,32)(H,33,34)(H,35,36)(H,37,38). The van der Waals surface area contributed by atoms with Crippen LogP contribution >= 0.6 is 0 Å². The lowest BCUT2D eigenvalue weighted by Gasteiger charge is -2.23. The van der Waals surface area contributed by atoms with E-state index in [-0.39, 0.29) is 33.4 Å². The van der Waals surface area contributed by atoms with Crippen molar-refractivity contribution in [2.45, 2.75) is 31.5 Å². The molecule has 0 aliphatic heterocycles. The molecule has 4 N–H and O–H groups in total. The third-order valence-corrected chi connectivity index (χ3v) is 9.65. The van der Waals surface area contributed by atoms with E-state index >= 15 is 0 Å². The largest absolute Gasteiger partial charge is 0.478 e. The fourth-order valence-corrected chi connectivity index (χ4v) is 5.72. The molecule has 0 bridgehead atoms. The number of hydrogen-bond acceptors (Lipinski definition) is 7. The van der Waals surface area contributed by atoms with Crippen molar-refractivity contribution in [2.24, 2.45) is 9.98 Å². The molecular formula is C26H26N2O11Si. The molecule has 0 unspecified atom stereocenters. The Morgan fingerprint density at radius 1 is 0.675 bits per heavy atom. The van der Waals surface area contributed by atoms with Crippen molar-refractivity contribution in [3.05, 3.63) is 69.8 Å². The van der Waals surface area contributed by atoms with Crippen LogP contribution in [0.25, 0.3) is 0 Å². The Morgan fingerprint density at radius 3 is 1.35 bits per heavy atom. The van der Waals surface area contributed by atoms with Crippen LogP contribution in [0.3, 0.4) is 0 Å². The Morgan fingerprint density at radius 2 is 1.05 bits per heavy atom. The highest BCUT2D eigenvalue weighted by atomic mass is 28.4. The second-order valence-electron chi connectivity index (χ2n) is 8.71.